The second-order valence-electron chi connectivity index (χ2n) is 4.38. The maximum atomic E-state index is 12.2. The second-order valence-corrected chi connectivity index (χ2v) is 7.17. The number of rotatable bonds is 7. The van der Waals surface area contributed by atoms with Crippen molar-refractivity contribution in [2.45, 2.75) is 23.1 Å². The minimum absolute atomic E-state index is 0.0554. The predicted molar refractivity (Wildman–Crippen MR) is 82.0 cm³/mol. The minimum atomic E-state index is -3.70. The molecule has 118 valence electrons. The maximum Gasteiger partial charge on any atom is 0.337 e. The van der Waals surface area contributed by atoms with Crippen molar-refractivity contribution >= 4 is 27.8 Å². The molecule has 1 aromatic carbocycles. The quantitative estimate of drug-likeness (QED) is 0.719. The molecular weight excluding hydrogens is 314 g/mol. The van der Waals surface area contributed by atoms with Crippen molar-refractivity contribution in [2.24, 2.45) is 0 Å². The number of hydrogen-bond donors (Lipinski definition) is 2. The third-order valence-electron chi connectivity index (χ3n) is 2.97. The maximum absolute atomic E-state index is 12.2. The summed E-state index contributed by atoms with van der Waals surface area (Å²) in [5.41, 5.74) is 0.279. The molecule has 2 unspecified atom stereocenters. The van der Waals surface area contributed by atoms with Crippen molar-refractivity contribution in [3.05, 3.63) is 29.8 Å². The van der Waals surface area contributed by atoms with Gasteiger partial charge in [-0.05, 0) is 37.4 Å². The van der Waals surface area contributed by atoms with E-state index in [1.165, 1.54) is 43.1 Å². The van der Waals surface area contributed by atoms with Crippen LogP contribution in [0.1, 0.15) is 17.3 Å². The summed E-state index contributed by atoms with van der Waals surface area (Å²) in [5, 5.41) is 8.95. The molecule has 6 nitrogen and oxygen atoms in total. The molecule has 0 aliphatic rings. The van der Waals surface area contributed by atoms with Crippen LogP contribution in [0.25, 0.3) is 0 Å². The fourth-order valence-corrected chi connectivity index (χ4v) is 3.71. The van der Waals surface area contributed by atoms with E-state index in [0.29, 0.717) is 0 Å². The molecule has 0 fully saturated rings. The van der Waals surface area contributed by atoms with Gasteiger partial charge in [0, 0.05) is 11.3 Å². The average Bonchev–Trinajstić information content (AvgIpc) is 2.47. The Morgan fingerprint density at radius 2 is 1.95 bits per heavy atom. The van der Waals surface area contributed by atoms with Crippen LogP contribution in [0.2, 0.25) is 0 Å². The van der Waals surface area contributed by atoms with Crippen LogP contribution in [0.15, 0.2) is 29.2 Å². The fourth-order valence-electron chi connectivity index (χ4n) is 1.71. The van der Waals surface area contributed by atoms with E-state index in [1.54, 1.807) is 13.2 Å². The number of benzene rings is 1. The normalized spacial score (nSPS) is 14.5. The molecule has 0 radical (unpaired) electrons. The SMILES string of the molecule is COC(=O)c1ccc(S(=O)(=O)NC(C)C(CO)SC)cc1. The number of hydrogen-bond acceptors (Lipinski definition) is 6. The van der Waals surface area contributed by atoms with E-state index >= 15 is 0 Å². The van der Waals surface area contributed by atoms with Gasteiger partial charge in [0.1, 0.15) is 0 Å². The highest BCUT2D eigenvalue weighted by Crippen LogP contribution is 2.15. The number of aliphatic hydroxyl groups excluding tert-OH is 1. The summed E-state index contributed by atoms with van der Waals surface area (Å²) >= 11 is 1.39. The van der Waals surface area contributed by atoms with E-state index in [1.807, 2.05) is 0 Å². The Kier molecular flexibility index (Phi) is 6.66. The van der Waals surface area contributed by atoms with Crippen LogP contribution in [0, 0.1) is 0 Å². The monoisotopic (exact) mass is 333 g/mol. The van der Waals surface area contributed by atoms with Crippen LogP contribution in [-0.4, -0.2) is 50.8 Å². The summed E-state index contributed by atoms with van der Waals surface area (Å²) in [7, 11) is -2.44. The number of esters is 1. The van der Waals surface area contributed by atoms with Gasteiger partial charge >= 0.3 is 5.97 Å². The first-order chi connectivity index (χ1) is 9.85. The summed E-state index contributed by atoms with van der Waals surface area (Å²) in [5.74, 6) is -0.525. The molecule has 21 heavy (non-hydrogen) atoms. The van der Waals surface area contributed by atoms with Gasteiger partial charge in [0.15, 0.2) is 0 Å². The van der Waals surface area contributed by atoms with E-state index in [9.17, 15) is 18.3 Å². The molecule has 0 aromatic heterocycles. The van der Waals surface area contributed by atoms with Gasteiger partial charge in [-0.1, -0.05) is 0 Å². The predicted octanol–water partition coefficient (Wildman–Crippen LogP) is 0.864. The number of sulfonamides is 1. The van der Waals surface area contributed by atoms with E-state index in [2.05, 4.69) is 9.46 Å². The average molecular weight is 333 g/mol. The summed E-state index contributed by atoms with van der Waals surface area (Å²) in [6, 6.07) is 5.05. The third kappa shape index (κ3) is 4.70. The van der Waals surface area contributed by atoms with Gasteiger partial charge in [0.25, 0.3) is 0 Å². The standard InChI is InChI=1S/C13H19NO5S2/c1-9(12(8-15)20-3)14-21(17,18)11-6-4-10(5-7-11)13(16)19-2/h4-7,9,12,14-15H,8H2,1-3H3. The van der Waals surface area contributed by atoms with Crippen LogP contribution in [0.3, 0.4) is 0 Å². The zero-order valence-electron chi connectivity index (χ0n) is 12.1. The molecule has 0 amide bonds. The molecular formula is C13H19NO5S2. The number of carbonyl (C=O) groups is 1. The third-order valence-corrected chi connectivity index (χ3v) is 5.70. The molecule has 0 aliphatic heterocycles. The van der Waals surface area contributed by atoms with Crippen LogP contribution >= 0.6 is 11.8 Å². The number of aliphatic hydroxyl groups is 1. The molecule has 0 saturated heterocycles. The number of thioether (sulfide) groups is 1. The number of carbonyl (C=O) groups excluding carboxylic acids is 1. The van der Waals surface area contributed by atoms with E-state index in [-0.39, 0.29) is 22.3 Å². The van der Waals surface area contributed by atoms with Crippen molar-refractivity contribution < 1.29 is 23.1 Å². The van der Waals surface area contributed by atoms with Crippen molar-refractivity contribution in [3.63, 3.8) is 0 Å². The van der Waals surface area contributed by atoms with Crippen molar-refractivity contribution in [1.29, 1.82) is 0 Å². The Hall–Kier alpha value is -1.09. The first-order valence-corrected chi connectivity index (χ1v) is 8.97. The number of methoxy groups -OCH3 is 1. The molecule has 0 spiro atoms. The van der Waals surface area contributed by atoms with Crippen LogP contribution in [0.5, 0.6) is 0 Å². The van der Waals surface area contributed by atoms with Crippen molar-refractivity contribution in [2.75, 3.05) is 20.0 Å². The largest absolute Gasteiger partial charge is 0.465 e. The van der Waals surface area contributed by atoms with Crippen LogP contribution in [0.4, 0.5) is 0 Å². The van der Waals surface area contributed by atoms with Gasteiger partial charge in [0.2, 0.25) is 10.0 Å². The molecule has 2 atom stereocenters. The Morgan fingerprint density at radius 3 is 2.38 bits per heavy atom. The van der Waals surface area contributed by atoms with Crippen molar-refractivity contribution in [1.82, 2.24) is 4.72 Å². The molecule has 2 N–H and O–H groups in total. The summed E-state index contributed by atoms with van der Waals surface area (Å²) in [4.78, 5) is 11.4. The second kappa shape index (κ2) is 7.79. The van der Waals surface area contributed by atoms with Gasteiger partial charge in [-0.25, -0.2) is 17.9 Å². The van der Waals surface area contributed by atoms with Gasteiger partial charge in [0.05, 0.1) is 24.2 Å². The zero-order chi connectivity index (χ0) is 16.0. The molecule has 0 aliphatic carbocycles. The van der Waals surface area contributed by atoms with Gasteiger partial charge < -0.3 is 9.84 Å². The van der Waals surface area contributed by atoms with Gasteiger partial charge in [-0.2, -0.15) is 11.8 Å². The summed E-state index contributed by atoms with van der Waals surface area (Å²) in [6.07, 6.45) is 1.80. The molecule has 8 heteroatoms. The topological polar surface area (TPSA) is 92.7 Å². The van der Waals surface area contributed by atoms with Crippen LogP contribution in [-0.2, 0) is 14.8 Å². The summed E-state index contributed by atoms with van der Waals surface area (Å²) in [6.45, 7) is 1.57. The fraction of sp³-hybridized carbons (Fsp3) is 0.462. The highest BCUT2D eigenvalue weighted by atomic mass is 32.2. The highest BCUT2D eigenvalue weighted by molar-refractivity contribution is 7.99. The van der Waals surface area contributed by atoms with E-state index in [4.69, 9.17) is 0 Å². The molecule has 0 heterocycles. The van der Waals surface area contributed by atoms with E-state index in [0.717, 1.165) is 0 Å². The smallest absolute Gasteiger partial charge is 0.337 e. The van der Waals surface area contributed by atoms with Gasteiger partial charge in [-0.15, -0.1) is 0 Å². The lowest BCUT2D eigenvalue weighted by Crippen LogP contribution is -2.41. The lowest BCUT2D eigenvalue weighted by molar-refractivity contribution is 0.0600. The minimum Gasteiger partial charge on any atom is -0.465 e. The Bertz CT molecular complexity index is 567. The zero-order valence-corrected chi connectivity index (χ0v) is 13.7. The molecule has 0 saturated carbocycles. The number of nitrogens with one attached hydrogen (secondary N) is 1. The molecule has 1 rings (SSSR count). The number of ether oxygens (including phenoxy) is 1. The first kappa shape index (κ1) is 18.0. The van der Waals surface area contributed by atoms with Crippen molar-refractivity contribution in [3.8, 4) is 0 Å². The lowest BCUT2D eigenvalue weighted by atomic mass is 10.2. The van der Waals surface area contributed by atoms with Crippen LogP contribution < -0.4 is 4.72 Å². The Labute approximate surface area is 128 Å². The Balaban J connectivity index is 2.90. The Morgan fingerprint density at radius 1 is 1.38 bits per heavy atom. The van der Waals surface area contributed by atoms with E-state index < -0.39 is 22.0 Å². The highest BCUT2D eigenvalue weighted by Gasteiger charge is 2.23. The molecule has 1 aromatic rings. The van der Waals surface area contributed by atoms with Gasteiger partial charge in [-0.3, -0.25) is 0 Å². The lowest BCUT2D eigenvalue weighted by Gasteiger charge is -2.21. The summed E-state index contributed by atoms with van der Waals surface area (Å²) < 4.78 is 31.5. The first-order valence-electron chi connectivity index (χ1n) is 6.20. The molecule has 0 bridgehead atoms.